The average molecular weight is 281 g/mol. The number of hydrogen-bond acceptors (Lipinski definition) is 5. The fourth-order valence-electron chi connectivity index (χ4n) is 1.83. The molecule has 0 aliphatic heterocycles. The first kappa shape index (κ1) is 16.3. The first-order chi connectivity index (χ1) is 9.71. The first-order valence-corrected chi connectivity index (χ1v) is 6.78. The third-order valence-corrected chi connectivity index (χ3v) is 2.84. The predicted octanol–water partition coefficient (Wildman–Crippen LogP) is 2.14. The van der Waals surface area contributed by atoms with E-state index in [2.05, 4.69) is 5.32 Å². The molecular weight excluding hydrogens is 258 g/mol. The minimum atomic E-state index is -0.145. The molecule has 0 heterocycles. The van der Waals surface area contributed by atoms with Gasteiger partial charge in [-0.25, -0.2) is 0 Å². The summed E-state index contributed by atoms with van der Waals surface area (Å²) in [5, 5.41) is 3.28. The molecule has 0 spiro atoms. The summed E-state index contributed by atoms with van der Waals surface area (Å²) in [6.45, 7) is 3.67. The molecule has 5 nitrogen and oxygen atoms in total. The third-order valence-electron chi connectivity index (χ3n) is 2.84. The highest BCUT2D eigenvalue weighted by molar-refractivity contribution is 5.69. The van der Waals surface area contributed by atoms with Gasteiger partial charge in [0.15, 0.2) is 0 Å². The second kappa shape index (κ2) is 9.20. The van der Waals surface area contributed by atoms with Crippen LogP contribution in [0.15, 0.2) is 18.2 Å². The van der Waals surface area contributed by atoms with Crippen molar-refractivity contribution in [1.82, 2.24) is 5.32 Å². The topological polar surface area (TPSA) is 56.8 Å². The van der Waals surface area contributed by atoms with Crippen molar-refractivity contribution in [2.75, 3.05) is 27.4 Å². The average Bonchev–Trinajstić information content (AvgIpc) is 2.47. The molecule has 0 saturated carbocycles. The Balaban J connectivity index is 2.35. The first-order valence-electron chi connectivity index (χ1n) is 6.78. The molecule has 1 aromatic rings. The van der Waals surface area contributed by atoms with Gasteiger partial charge >= 0.3 is 5.97 Å². The summed E-state index contributed by atoms with van der Waals surface area (Å²) in [6, 6.07) is 5.69. The summed E-state index contributed by atoms with van der Waals surface area (Å²) in [5.74, 6) is 1.48. The van der Waals surface area contributed by atoms with Gasteiger partial charge in [0.2, 0.25) is 0 Å². The van der Waals surface area contributed by atoms with Crippen LogP contribution in [-0.4, -0.2) is 33.3 Å². The van der Waals surface area contributed by atoms with Gasteiger partial charge in [0.1, 0.15) is 11.5 Å². The van der Waals surface area contributed by atoms with Gasteiger partial charge in [-0.2, -0.15) is 0 Å². The minimum Gasteiger partial charge on any atom is -0.497 e. The second-order valence-electron chi connectivity index (χ2n) is 4.26. The molecule has 0 aliphatic carbocycles. The maximum Gasteiger partial charge on any atom is 0.305 e. The SMILES string of the molecule is CCOC(=O)CCCNCc1cc(OC)ccc1OC. The van der Waals surface area contributed by atoms with Crippen molar-refractivity contribution in [3.05, 3.63) is 23.8 Å². The summed E-state index contributed by atoms with van der Waals surface area (Å²) in [4.78, 5) is 11.2. The molecule has 0 amide bonds. The fourth-order valence-corrected chi connectivity index (χ4v) is 1.83. The molecule has 112 valence electrons. The summed E-state index contributed by atoms with van der Waals surface area (Å²) in [5.41, 5.74) is 1.03. The molecule has 0 aliphatic rings. The van der Waals surface area contributed by atoms with E-state index in [1.807, 2.05) is 25.1 Å². The molecule has 0 fully saturated rings. The van der Waals surface area contributed by atoms with Crippen LogP contribution in [0.2, 0.25) is 0 Å². The van der Waals surface area contributed by atoms with E-state index in [-0.39, 0.29) is 5.97 Å². The molecular formula is C15H23NO4. The largest absolute Gasteiger partial charge is 0.497 e. The van der Waals surface area contributed by atoms with Gasteiger partial charge in [-0.15, -0.1) is 0 Å². The Morgan fingerprint density at radius 1 is 1.25 bits per heavy atom. The zero-order chi connectivity index (χ0) is 14.8. The number of nitrogens with one attached hydrogen (secondary N) is 1. The van der Waals surface area contributed by atoms with Gasteiger partial charge in [0.25, 0.3) is 0 Å². The van der Waals surface area contributed by atoms with Crippen LogP contribution in [0.1, 0.15) is 25.3 Å². The van der Waals surface area contributed by atoms with E-state index in [4.69, 9.17) is 14.2 Å². The number of rotatable bonds is 9. The van der Waals surface area contributed by atoms with Crippen LogP contribution in [0.5, 0.6) is 11.5 Å². The van der Waals surface area contributed by atoms with Crippen molar-refractivity contribution in [1.29, 1.82) is 0 Å². The van der Waals surface area contributed by atoms with Crippen molar-refractivity contribution in [2.24, 2.45) is 0 Å². The van der Waals surface area contributed by atoms with Crippen LogP contribution >= 0.6 is 0 Å². The minimum absolute atomic E-state index is 0.145. The van der Waals surface area contributed by atoms with Crippen molar-refractivity contribution in [3.63, 3.8) is 0 Å². The summed E-state index contributed by atoms with van der Waals surface area (Å²) < 4.78 is 15.4. The predicted molar refractivity (Wildman–Crippen MR) is 77.1 cm³/mol. The highest BCUT2D eigenvalue weighted by Crippen LogP contribution is 2.23. The van der Waals surface area contributed by atoms with E-state index >= 15 is 0 Å². The molecule has 20 heavy (non-hydrogen) atoms. The number of carbonyl (C=O) groups is 1. The van der Waals surface area contributed by atoms with E-state index in [9.17, 15) is 4.79 Å². The van der Waals surface area contributed by atoms with Gasteiger partial charge in [0.05, 0.1) is 20.8 Å². The Bertz CT molecular complexity index is 420. The van der Waals surface area contributed by atoms with Gasteiger partial charge < -0.3 is 19.5 Å². The molecule has 1 rings (SSSR count). The zero-order valence-corrected chi connectivity index (χ0v) is 12.4. The summed E-state index contributed by atoms with van der Waals surface area (Å²) >= 11 is 0. The van der Waals surface area contributed by atoms with Crippen molar-refractivity contribution < 1.29 is 19.0 Å². The highest BCUT2D eigenvalue weighted by atomic mass is 16.5. The van der Waals surface area contributed by atoms with E-state index < -0.39 is 0 Å². The standard InChI is InChI=1S/C15H23NO4/c1-4-20-15(17)6-5-9-16-11-12-10-13(18-2)7-8-14(12)19-3/h7-8,10,16H,4-6,9,11H2,1-3H3. The van der Waals surface area contributed by atoms with E-state index in [1.165, 1.54) is 0 Å². The Hall–Kier alpha value is -1.75. The molecule has 0 aromatic heterocycles. The lowest BCUT2D eigenvalue weighted by atomic mass is 10.2. The monoisotopic (exact) mass is 281 g/mol. The third kappa shape index (κ3) is 5.48. The molecule has 5 heteroatoms. The Labute approximate surface area is 120 Å². The quantitative estimate of drug-likeness (QED) is 0.555. The van der Waals surface area contributed by atoms with Gasteiger partial charge in [-0.05, 0) is 38.1 Å². The molecule has 1 aromatic carbocycles. The Morgan fingerprint density at radius 3 is 2.70 bits per heavy atom. The highest BCUT2D eigenvalue weighted by Gasteiger charge is 2.05. The lowest BCUT2D eigenvalue weighted by molar-refractivity contribution is -0.143. The smallest absolute Gasteiger partial charge is 0.305 e. The van der Waals surface area contributed by atoms with E-state index in [0.717, 1.165) is 30.0 Å². The van der Waals surface area contributed by atoms with Crippen LogP contribution in [0.3, 0.4) is 0 Å². The fraction of sp³-hybridized carbons (Fsp3) is 0.533. The maximum absolute atomic E-state index is 11.2. The molecule has 0 saturated heterocycles. The maximum atomic E-state index is 11.2. The van der Waals surface area contributed by atoms with Crippen molar-refractivity contribution in [2.45, 2.75) is 26.3 Å². The van der Waals surface area contributed by atoms with Crippen LogP contribution < -0.4 is 14.8 Å². The van der Waals surface area contributed by atoms with Crippen LogP contribution in [0, 0.1) is 0 Å². The van der Waals surface area contributed by atoms with Gasteiger partial charge in [0, 0.05) is 18.5 Å². The molecule has 0 radical (unpaired) electrons. The number of carbonyl (C=O) groups excluding carboxylic acids is 1. The Kier molecular flexibility index (Phi) is 7.50. The van der Waals surface area contributed by atoms with Crippen LogP contribution in [0.25, 0.3) is 0 Å². The lowest BCUT2D eigenvalue weighted by Gasteiger charge is -2.11. The Morgan fingerprint density at radius 2 is 2.05 bits per heavy atom. The summed E-state index contributed by atoms with van der Waals surface area (Å²) in [6.07, 6.45) is 1.20. The van der Waals surface area contributed by atoms with Gasteiger partial charge in [-0.1, -0.05) is 0 Å². The molecule has 0 bridgehead atoms. The molecule has 0 atom stereocenters. The number of esters is 1. The van der Waals surface area contributed by atoms with Crippen molar-refractivity contribution >= 4 is 5.97 Å². The number of methoxy groups -OCH3 is 2. The van der Waals surface area contributed by atoms with E-state index in [1.54, 1.807) is 14.2 Å². The lowest BCUT2D eigenvalue weighted by Crippen LogP contribution is -2.17. The van der Waals surface area contributed by atoms with E-state index in [0.29, 0.717) is 19.6 Å². The second-order valence-corrected chi connectivity index (χ2v) is 4.26. The normalized spacial score (nSPS) is 10.2. The number of benzene rings is 1. The molecule has 0 unspecified atom stereocenters. The molecule has 1 N–H and O–H groups in total. The summed E-state index contributed by atoms with van der Waals surface area (Å²) in [7, 11) is 3.28. The van der Waals surface area contributed by atoms with Gasteiger partial charge in [-0.3, -0.25) is 4.79 Å². The number of ether oxygens (including phenoxy) is 3. The van der Waals surface area contributed by atoms with Crippen molar-refractivity contribution in [3.8, 4) is 11.5 Å². The zero-order valence-electron chi connectivity index (χ0n) is 12.4. The van der Waals surface area contributed by atoms with Crippen LogP contribution in [0.4, 0.5) is 0 Å². The number of hydrogen-bond donors (Lipinski definition) is 1. The van der Waals surface area contributed by atoms with Crippen LogP contribution in [-0.2, 0) is 16.1 Å².